The van der Waals surface area contributed by atoms with Crippen LogP contribution in [0.4, 0.5) is 28.9 Å². The van der Waals surface area contributed by atoms with Crippen molar-refractivity contribution in [2.24, 2.45) is 0 Å². The number of pyridine rings is 1. The average Bonchev–Trinajstić information content (AvgIpc) is 2.57. The first-order chi connectivity index (χ1) is 11.7. The quantitative estimate of drug-likeness (QED) is 0.459. The van der Waals surface area contributed by atoms with Gasteiger partial charge in [-0.1, -0.05) is 18.2 Å². The molecule has 0 amide bonds. The summed E-state index contributed by atoms with van der Waals surface area (Å²) in [5.74, 6) is -7.86. The Morgan fingerprint density at radius 2 is 1.60 bits per heavy atom. The number of aromatic nitrogens is 1. The van der Waals surface area contributed by atoms with Crippen molar-refractivity contribution in [1.29, 1.82) is 0 Å². The molecule has 0 aliphatic carbocycles. The van der Waals surface area contributed by atoms with Crippen LogP contribution in [0.5, 0.6) is 0 Å². The standard InChI is InChI=1S/C17H16F4N2O2/c1-4-25-16(24)17(2,3)23(10-8-6-5-7-9-10)13-11(18)14(20)22-15(21)12(13)19/h5-9H,4H2,1-3H3. The summed E-state index contributed by atoms with van der Waals surface area (Å²) >= 11 is 0. The predicted octanol–water partition coefficient (Wildman–Crippen LogP) is 4.12. The maximum absolute atomic E-state index is 14.3. The normalized spacial score (nSPS) is 11.3. The van der Waals surface area contributed by atoms with E-state index in [1.54, 1.807) is 25.1 Å². The zero-order valence-electron chi connectivity index (χ0n) is 13.8. The maximum atomic E-state index is 14.3. The van der Waals surface area contributed by atoms with Crippen LogP contribution in [0.15, 0.2) is 30.3 Å². The zero-order valence-corrected chi connectivity index (χ0v) is 13.8. The van der Waals surface area contributed by atoms with Crippen molar-refractivity contribution in [3.63, 3.8) is 0 Å². The molecule has 0 radical (unpaired) electrons. The maximum Gasteiger partial charge on any atom is 0.331 e. The van der Waals surface area contributed by atoms with E-state index in [2.05, 4.69) is 4.98 Å². The fourth-order valence-electron chi connectivity index (χ4n) is 2.38. The van der Waals surface area contributed by atoms with E-state index in [0.717, 1.165) is 4.90 Å². The van der Waals surface area contributed by atoms with E-state index in [1.165, 1.54) is 26.0 Å². The summed E-state index contributed by atoms with van der Waals surface area (Å²) < 4.78 is 60.8. The molecule has 25 heavy (non-hydrogen) atoms. The van der Waals surface area contributed by atoms with Crippen molar-refractivity contribution in [1.82, 2.24) is 4.98 Å². The SMILES string of the molecule is CCOC(=O)C(C)(C)N(c1ccccc1)c1c(F)c(F)nc(F)c1F. The van der Waals surface area contributed by atoms with Crippen molar-refractivity contribution in [2.45, 2.75) is 26.3 Å². The average molecular weight is 356 g/mol. The molecule has 2 rings (SSSR count). The Kier molecular flexibility index (Phi) is 5.30. The number of rotatable bonds is 5. The Morgan fingerprint density at radius 1 is 1.08 bits per heavy atom. The molecule has 0 bridgehead atoms. The van der Waals surface area contributed by atoms with Gasteiger partial charge in [0.25, 0.3) is 11.9 Å². The fraction of sp³-hybridized carbons (Fsp3) is 0.294. The minimum Gasteiger partial charge on any atom is -0.464 e. The summed E-state index contributed by atoms with van der Waals surface area (Å²) in [6.45, 7) is 4.24. The third-order valence-electron chi connectivity index (χ3n) is 3.55. The van der Waals surface area contributed by atoms with E-state index in [9.17, 15) is 22.4 Å². The number of ether oxygens (including phenoxy) is 1. The summed E-state index contributed by atoms with van der Waals surface area (Å²) in [5.41, 5.74) is -2.59. The number of esters is 1. The first-order valence-electron chi connectivity index (χ1n) is 7.44. The van der Waals surface area contributed by atoms with Gasteiger partial charge in [0.15, 0.2) is 0 Å². The van der Waals surface area contributed by atoms with Crippen LogP contribution in [0, 0.1) is 23.5 Å². The molecule has 134 valence electrons. The van der Waals surface area contributed by atoms with Crippen LogP contribution in [-0.2, 0) is 9.53 Å². The van der Waals surface area contributed by atoms with Gasteiger partial charge in [-0.2, -0.15) is 22.5 Å². The smallest absolute Gasteiger partial charge is 0.331 e. The molecule has 0 saturated carbocycles. The van der Waals surface area contributed by atoms with Gasteiger partial charge in [0, 0.05) is 5.69 Å². The number of para-hydroxylation sites is 1. The Balaban J connectivity index is 2.77. The first-order valence-corrected chi connectivity index (χ1v) is 7.44. The number of carbonyl (C=O) groups excluding carboxylic acids is 1. The van der Waals surface area contributed by atoms with Crippen molar-refractivity contribution < 1.29 is 27.1 Å². The van der Waals surface area contributed by atoms with Crippen LogP contribution in [0.3, 0.4) is 0 Å². The molecule has 0 fully saturated rings. The van der Waals surface area contributed by atoms with Crippen LogP contribution in [0.25, 0.3) is 0 Å². The lowest BCUT2D eigenvalue weighted by atomic mass is 10.00. The Labute approximate surface area is 142 Å². The monoisotopic (exact) mass is 356 g/mol. The highest BCUT2D eigenvalue weighted by Crippen LogP contribution is 2.38. The lowest BCUT2D eigenvalue weighted by molar-refractivity contribution is -0.148. The van der Waals surface area contributed by atoms with Gasteiger partial charge in [0.05, 0.1) is 6.61 Å². The second kappa shape index (κ2) is 7.08. The highest BCUT2D eigenvalue weighted by atomic mass is 19.2. The molecule has 0 N–H and O–H groups in total. The van der Waals surface area contributed by atoms with Crippen molar-refractivity contribution >= 4 is 17.3 Å². The van der Waals surface area contributed by atoms with Crippen LogP contribution >= 0.6 is 0 Å². The number of hydrogen-bond acceptors (Lipinski definition) is 4. The number of benzene rings is 1. The van der Waals surface area contributed by atoms with Crippen LogP contribution in [-0.4, -0.2) is 23.1 Å². The lowest BCUT2D eigenvalue weighted by Crippen LogP contribution is -2.49. The largest absolute Gasteiger partial charge is 0.464 e. The van der Waals surface area contributed by atoms with E-state index in [4.69, 9.17) is 4.74 Å². The number of carbonyl (C=O) groups is 1. The van der Waals surface area contributed by atoms with E-state index in [0.29, 0.717) is 0 Å². The molecule has 0 spiro atoms. The molecule has 0 aliphatic heterocycles. The summed E-state index contributed by atoms with van der Waals surface area (Å²) in [6, 6.07) is 7.62. The van der Waals surface area contributed by atoms with Gasteiger partial charge in [-0.15, -0.1) is 0 Å². The highest BCUT2D eigenvalue weighted by molar-refractivity contribution is 5.88. The first kappa shape index (κ1) is 18.7. The topological polar surface area (TPSA) is 42.4 Å². The number of hydrogen-bond donors (Lipinski definition) is 0. The predicted molar refractivity (Wildman–Crippen MR) is 83.4 cm³/mol. The van der Waals surface area contributed by atoms with E-state index in [1.807, 2.05) is 0 Å². The Hall–Kier alpha value is -2.64. The molecule has 0 saturated heterocycles. The zero-order chi connectivity index (χ0) is 18.8. The number of anilines is 2. The number of halogens is 4. The molecule has 0 unspecified atom stereocenters. The molecule has 1 aromatic carbocycles. The fourth-order valence-corrected chi connectivity index (χ4v) is 2.38. The second-order valence-electron chi connectivity index (χ2n) is 5.62. The van der Waals surface area contributed by atoms with E-state index >= 15 is 0 Å². The van der Waals surface area contributed by atoms with E-state index in [-0.39, 0.29) is 12.3 Å². The Bertz CT molecular complexity index is 756. The molecule has 8 heteroatoms. The summed E-state index contributed by atoms with van der Waals surface area (Å²) in [4.78, 5) is 15.7. The van der Waals surface area contributed by atoms with Crippen molar-refractivity contribution in [3.8, 4) is 0 Å². The molecule has 1 heterocycles. The van der Waals surface area contributed by atoms with Crippen molar-refractivity contribution in [3.05, 3.63) is 53.9 Å². The van der Waals surface area contributed by atoms with Gasteiger partial charge in [-0.25, -0.2) is 4.79 Å². The molecule has 0 aliphatic rings. The summed E-state index contributed by atoms with van der Waals surface area (Å²) in [7, 11) is 0. The van der Waals surface area contributed by atoms with Crippen molar-refractivity contribution in [2.75, 3.05) is 11.5 Å². The van der Waals surface area contributed by atoms with E-state index < -0.39 is 40.7 Å². The minimum absolute atomic E-state index is 0.0227. The number of nitrogens with zero attached hydrogens (tertiary/aromatic N) is 2. The molecule has 1 aromatic heterocycles. The Morgan fingerprint density at radius 3 is 2.08 bits per heavy atom. The van der Waals surface area contributed by atoms with Crippen LogP contribution < -0.4 is 4.90 Å². The summed E-state index contributed by atoms with van der Waals surface area (Å²) in [5, 5.41) is 0. The molecular weight excluding hydrogens is 340 g/mol. The second-order valence-corrected chi connectivity index (χ2v) is 5.62. The van der Waals surface area contributed by atoms with Gasteiger partial charge in [0.1, 0.15) is 11.2 Å². The lowest BCUT2D eigenvalue weighted by Gasteiger charge is -2.38. The van der Waals surface area contributed by atoms with Crippen LogP contribution in [0.2, 0.25) is 0 Å². The van der Waals surface area contributed by atoms with Crippen LogP contribution in [0.1, 0.15) is 20.8 Å². The molecule has 4 nitrogen and oxygen atoms in total. The molecular formula is C17H16F4N2O2. The van der Waals surface area contributed by atoms with Gasteiger partial charge >= 0.3 is 5.97 Å². The summed E-state index contributed by atoms with van der Waals surface area (Å²) in [6.07, 6.45) is 0. The highest BCUT2D eigenvalue weighted by Gasteiger charge is 2.41. The molecule has 0 atom stereocenters. The third-order valence-corrected chi connectivity index (χ3v) is 3.55. The minimum atomic E-state index is -1.81. The van der Waals surface area contributed by atoms with Gasteiger partial charge < -0.3 is 9.64 Å². The van der Waals surface area contributed by atoms with Gasteiger partial charge in [-0.05, 0) is 32.9 Å². The van der Waals surface area contributed by atoms with Gasteiger partial charge in [-0.3, -0.25) is 0 Å². The molecule has 2 aromatic rings. The van der Waals surface area contributed by atoms with Gasteiger partial charge in [0.2, 0.25) is 11.6 Å². The third kappa shape index (κ3) is 3.42.